The van der Waals surface area contributed by atoms with Gasteiger partial charge in [-0.15, -0.1) is 0 Å². The molecule has 3 rings (SSSR count). The van der Waals surface area contributed by atoms with Crippen LogP contribution in [-0.2, 0) is 4.79 Å². The van der Waals surface area contributed by atoms with E-state index in [2.05, 4.69) is 25.7 Å². The Morgan fingerprint density at radius 3 is 2.83 bits per heavy atom. The fourth-order valence-corrected chi connectivity index (χ4v) is 2.98. The third kappa shape index (κ3) is 3.53. The number of ether oxygens (including phenoxy) is 1. The first-order valence-corrected chi connectivity index (χ1v) is 8.17. The molecule has 3 heterocycles. The minimum atomic E-state index is 0.0130. The van der Waals surface area contributed by atoms with Gasteiger partial charge in [0, 0.05) is 51.0 Å². The minimum Gasteiger partial charge on any atom is -0.478 e. The van der Waals surface area contributed by atoms with E-state index in [-0.39, 0.29) is 17.9 Å². The maximum Gasteiger partial charge on any atom is 0.228 e. The number of anilines is 1. The van der Waals surface area contributed by atoms with E-state index in [4.69, 9.17) is 4.74 Å². The van der Waals surface area contributed by atoms with Gasteiger partial charge >= 0.3 is 0 Å². The van der Waals surface area contributed by atoms with Crippen LogP contribution in [0.2, 0.25) is 0 Å². The molecule has 1 amide bonds. The molecule has 0 radical (unpaired) electrons. The van der Waals surface area contributed by atoms with Crippen molar-refractivity contribution in [2.75, 3.05) is 44.2 Å². The monoisotopic (exact) mass is 320 g/mol. The van der Waals surface area contributed by atoms with Crippen molar-refractivity contribution in [2.24, 2.45) is 5.92 Å². The Morgan fingerprint density at radius 1 is 1.39 bits per heavy atom. The van der Waals surface area contributed by atoms with Crippen LogP contribution in [0.3, 0.4) is 0 Å². The quantitative estimate of drug-likeness (QED) is 0.784. The highest BCUT2D eigenvalue weighted by molar-refractivity contribution is 5.80. The van der Waals surface area contributed by atoms with E-state index in [1.807, 2.05) is 18.7 Å². The molecule has 2 aliphatic rings. The molecule has 8 heteroatoms. The predicted molar refractivity (Wildman–Crippen MR) is 86.1 cm³/mol. The third-order valence-electron chi connectivity index (χ3n) is 4.36. The fourth-order valence-electron chi connectivity index (χ4n) is 2.98. The van der Waals surface area contributed by atoms with Gasteiger partial charge in [-0.05, 0) is 13.8 Å². The number of amides is 1. The van der Waals surface area contributed by atoms with Crippen molar-refractivity contribution in [3.63, 3.8) is 0 Å². The Balaban J connectivity index is 1.58. The molecule has 0 bridgehead atoms. The molecule has 2 N–H and O–H groups in total. The normalized spacial score (nSPS) is 24.8. The summed E-state index contributed by atoms with van der Waals surface area (Å²) in [6.45, 7) is 8.12. The van der Waals surface area contributed by atoms with E-state index >= 15 is 0 Å². The van der Waals surface area contributed by atoms with E-state index in [0.29, 0.717) is 38.1 Å². The zero-order valence-corrected chi connectivity index (χ0v) is 13.7. The fraction of sp³-hybridized carbons (Fsp3) is 0.667. The van der Waals surface area contributed by atoms with Crippen LogP contribution in [0, 0.1) is 5.92 Å². The van der Waals surface area contributed by atoms with Crippen molar-refractivity contribution in [3.8, 4) is 5.88 Å². The second-order valence-electron chi connectivity index (χ2n) is 5.86. The molecule has 0 aromatic carbocycles. The standard InChI is InChI=1S/C15H24N6O2/c1-3-23-13-4-5-16-15(18-13)21-8-6-20(7-9-21)14(22)12-10-17-19-11(12)2/h4-5,11-12,17,19H,3,6-10H2,1-2H3. The lowest BCUT2D eigenvalue weighted by Crippen LogP contribution is -2.52. The first-order chi connectivity index (χ1) is 11.2. The Hall–Kier alpha value is -1.93. The number of carbonyl (C=O) groups is 1. The van der Waals surface area contributed by atoms with Crippen LogP contribution < -0.4 is 20.5 Å². The van der Waals surface area contributed by atoms with Gasteiger partial charge in [0.15, 0.2) is 0 Å². The summed E-state index contributed by atoms with van der Waals surface area (Å²) in [6, 6.07) is 1.93. The summed E-state index contributed by atoms with van der Waals surface area (Å²) >= 11 is 0. The van der Waals surface area contributed by atoms with Crippen molar-refractivity contribution in [1.29, 1.82) is 0 Å². The molecule has 0 aliphatic carbocycles. The molecule has 2 fully saturated rings. The molecule has 2 atom stereocenters. The maximum absolute atomic E-state index is 12.6. The lowest BCUT2D eigenvalue weighted by molar-refractivity contribution is -0.135. The smallest absolute Gasteiger partial charge is 0.228 e. The Morgan fingerprint density at radius 2 is 2.17 bits per heavy atom. The summed E-state index contributed by atoms with van der Waals surface area (Å²) in [4.78, 5) is 25.3. The molecule has 126 valence electrons. The van der Waals surface area contributed by atoms with E-state index in [0.717, 1.165) is 13.1 Å². The molecule has 0 saturated carbocycles. The molecule has 8 nitrogen and oxygen atoms in total. The topological polar surface area (TPSA) is 82.6 Å². The van der Waals surface area contributed by atoms with E-state index in [1.54, 1.807) is 12.3 Å². The number of hydrogen-bond donors (Lipinski definition) is 2. The van der Waals surface area contributed by atoms with Crippen LogP contribution in [0.5, 0.6) is 5.88 Å². The largest absolute Gasteiger partial charge is 0.478 e. The van der Waals surface area contributed by atoms with Gasteiger partial charge in [-0.1, -0.05) is 0 Å². The third-order valence-corrected chi connectivity index (χ3v) is 4.36. The number of hydrazine groups is 1. The highest BCUT2D eigenvalue weighted by Gasteiger charge is 2.34. The average Bonchev–Trinajstić information content (AvgIpc) is 3.01. The molecule has 0 spiro atoms. The highest BCUT2D eigenvalue weighted by atomic mass is 16.5. The number of carbonyl (C=O) groups excluding carboxylic acids is 1. The van der Waals surface area contributed by atoms with Crippen LogP contribution in [0.4, 0.5) is 5.95 Å². The molecule has 23 heavy (non-hydrogen) atoms. The summed E-state index contributed by atoms with van der Waals surface area (Å²) < 4.78 is 5.42. The van der Waals surface area contributed by atoms with Gasteiger partial charge in [-0.3, -0.25) is 15.6 Å². The number of nitrogens with one attached hydrogen (secondary N) is 2. The molecule has 2 saturated heterocycles. The number of rotatable bonds is 4. The lowest BCUT2D eigenvalue weighted by atomic mass is 10.0. The molecular weight excluding hydrogens is 296 g/mol. The Bertz CT molecular complexity index is 547. The van der Waals surface area contributed by atoms with Crippen molar-refractivity contribution >= 4 is 11.9 Å². The highest BCUT2D eigenvalue weighted by Crippen LogP contribution is 2.17. The van der Waals surface area contributed by atoms with E-state index in [9.17, 15) is 4.79 Å². The summed E-state index contributed by atoms with van der Waals surface area (Å²) in [5.74, 6) is 1.49. The van der Waals surface area contributed by atoms with Crippen molar-refractivity contribution in [3.05, 3.63) is 12.3 Å². The maximum atomic E-state index is 12.6. The number of hydrogen-bond acceptors (Lipinski definition) is 7. The van der Waals surface area contributed by atoms with Crippen molar-refractivity contribution in [1.82, 2.24) is 25.7 Å². The second kappa shape index (κ2) is 7.10. The first kappa shape index (κ1) is 15.9. The number of aromatic nitrogens is 2. The van der Waals surface area contributed by atoms with Gasteiger partial charge in [-0.25, -0.2) is 4.98 Å². The molecule has 2 aliphatic heterocycles. The SMILES string of the molecule is CCOc1ccnc(N2CCN(C(=O)C3CNNC3C)CC2)n1. The molecular formula is C15H24N6O2. The molecule has 1 aromatic heterocycles. The van der Waals surface area contributed by atoms with E-state index in [1.165, 1.54) is 0 Å². The van der Waals surface area contributed by atoms with Crippen molar-refractivity contribution < 1.29 is 9.53 Å². The average molecular weight is 320 g/mol. The Kier molecular flexibility index (Phi) is 4.92. The van der Waals surface area contributed by atoms with Crippen LogP contribution >= 0.6 is 0 Å². The number of nitrogens with zero attached hydrogens (tertiary/aromatic N) is 4. The summed E-state index contributed by atoms with van der Waals surface area (Å²) in [6.07, 6.45) is 1.71. The summed E-state index contributed by atoms with van der Waals surface area (Å²) in [7, 11) is 0. The van der Waals surface area contributed by atoms with Crippen molar-refractivity contribution in [2.45, 2.75) is 19.9 Å². The first-order valence-electron chi connectivity index (χ1n) is 8.17. The lowest BCUT2D eigenvalue weighted by Gasteiger charge is -2.36. The predicted octanol–water partition coefficient (Wildman–Crippen LogP) is -0.364. The second-order valence-corrected chi connectivity index (χ2v) is 5.86. The van der Waals surface area contributed by atoms with Gasteiger partial charge in [0.25, 0.3) is 0 Å². The van der Waals surface area contributed by atoms with Crippen LogP contribution in [0.1, 0.15) is 13.8 Å². The van der Waals surface area contributed by atoms with Gasteiger partial charge in [0.05, 0.1) is 12.5 Å². The van der Waals surface area contributed by atoms with Gasteiger partial charge in [0.1, 0.15) is 0 Å². The number of piperazine rings is 1. The zero-order chi connectivity index (χ0) is 16.2. The van der Waals surface area contributed by atoms with Crippen LogP contribution in [0.15, 0.2) is 12.3 Å². The van der Waals surface area contributed by atoms with Crippen LogP contribution in [0.25, 0.3) is 0 Å². The Labute approximate surface area is 136 Å². The molecule has 2 unspecified atom stereocenters. The zero-order valence-electron chi connectivity index (χ0n) is 13.7. The van der Waals surface area contributed by atoms with Gasteiger partial charge in [-0.2, -0.15) is 4.98 Å². The molecule has 1 aromatic rings. The summed E-state index contributed by atoms with van der Waals surface area (Å²) in [5, 5.41) is 0. The van der Waals surface area contributed by atoms with E-state index < -0.39 is 0 Å². The minimum absolute atomic E-state index is 0.0130. The summed E-state index contributed by atoms with van der Waals surface area (Å²) in [5.41, 5.74) is 6.15. The van der Waals surface area contributed by atoms with Gasteiger partial charge < -0.3 is 14.5 Å². The van der Waals surface area contributed by atoms with Crippen LogP contribution in [-0.4, -0.2) is 66.1 Å². The van der Waals surface area contributed by atoms with Gasteiger partial charge in [0.2, 0.25) is 17.7 Å².